The summed E-state index contributed by atoms with van der Waals surface area (Å²) in [5.74, 6) is 1.41. The van der Waals surface area contributed by atoms with Crippen LogP contribution in [0.15, 0.2) is 25.3 Å². The molecule has 1 fully saturated rings. The van der Waals surface area contributed by atoms with Crippen LogP contribution in [-0.2, 0) is 0 Å². The molecule has 0 aromatic rings. The summed E-state index contributed by atoms with van der Waals surface area (Å²) < 4.78 is 0. The molecule has 0 amide bonds. The third kappa shape index (κ3) is 6.48. The number of alkyl halides is 1. The molecule has 0 saturated heterocycles. The minimum absolute atomic E-state index is 0.556. The highest BCUT2D eigenvalue weighted by Crippen LogP contribution is 2.23. The van der Waals surface area contributed by atoms with Crippen LogP contribution in [0.2, 0.25) is 0 Å². The van der Waals surface area contributed by atoms with Crippen LogP contribution < -0.4 is 0 Å². The van der Waals surface area contributed by atoms with Gasteiger partial charge >= 0.3 is 0 Å². The number of hydrogen-bond acceptors (Lipinski definition) is 0. The van der Waals surface area contributed by atoms with Crippen LogP contribution in [-0.4, -0.2) is 5.88 Å². The van der Waals surface area contributed by atoms with Crippen molar-refractivity contribution in [3.05, 3.63) is 25.3 Å². The van der Waals surface area contributed by atoms with Gasteiger partial charge in [0.2, 0.25) is 0 Å². The Morgan fingerprint density at radius 1 is 1.17 bits per heavy atom. The molecule has 0 aromatic heterocycles. The van der Waals surface area contributed by atoms with Crippen LogP contribution in [0.4, 0.5) is 0 Å². The summed E-state index contributed by atoms with van der Waals surface area (Å²) in [5.41, 5.74) is 0. The zero-order valence-electron chi connectivity index (χ0n) is 7.77. The van der Waals surface area contributed by atoms with Gasteiger partial charge in [0.05, 0.1) is 0 Å². The first-order chi connectivity index (χ1) is 5.85. The second-order valence-electron chi connectivity index (χ2n) is 3.08. The predicted octanol–water partition coefficient (Wildman–Crippen LogP) is 4.16. The summed E-state index contributed by atoms with van der Waals surface area (Å²) in [6, 6.07) is 0. The first-order valence-electron chi connectivity index (χ1n) is 4.64. The maximum Gasteiger partial charge on any atom is 0.0401 e. The third-order valence-electron chi connectivity index (χ3n) is 2.09. The SMILES string of the molecule is C=CC1CCCCC1.C=CCCl. The van der Waals surface area contributed by atoms with E-state index in [1.807, 2.05) is 0 Å². The fourth-order valence-electron chi connectivity index (χ4n) is 1.37. The van der Waals surface area contributed by atoms with Crippen LogP contribution in [0.3, 0.4) is 0 Å². The Morgan fingerprint density at radius 2 is 1.67 bits per heavy atom. The molecule has 1 heteroatoms. The molecule has 0 spiro atoms. The lowest BCUT2D eigenvalue weighted by atomic mass is 9.90. The maximum absolute atomic E-state index is 5.07. The van der Waals surface area contributed by atoms with E-state index in [1.165, 1.54) is 32.1 Å². The van der Waals surface area contributed by atoms with Crippen LogP contribution in [0.25, 0.3) is 0 Å². The van der Waals surface area contributed by atoms with E-state index in [1.54, 1.807) is 6.08 Å². The van der Waals surface area contributed by atoms with Gasteiger partial charge in [-0.05, 0) is 18.8 Å². The highest BCUT2D eigenvalue weighted by molar-refractivity contribution is 6.18. The Kier molecular flexibility index (Phi) is 8.69. The van der Waals surface area contributed by atoms with Crippen molar-refractivity contribution >= 4 is 11.6 Å². The van der Waals surface area contributed by atoms with Crippen LogP contribution in [0, 0.1) is 5.92 Å². The van der Waals surface area contributed by atoms with Gasteiger partial charge in [-0.1, -0.05) is 31.4 Å². The van der Waals surface area contributed by atoms with Crippen molar-refractivity contribution in [2.75, 3.05) is 5.88 Å². The average Bonchev–Trinajstić information content (AvgIpc) is 2.19. The van der Waals surface area contributed by atoms with Gasteiger partial charge in [0.1, 0.15) is 0 Å². The molecule has 0 bridgehead atoms. The van der Waals surface area contributed by atoms with Crippen LogP contribution in [0.5, 0.6) is 0 Å². The van der Waals surface area contributed by atoms with E-state index in [-0.39, 0.29) is 0 Å². The molecule has 0 aromatic carbocycles. The minimum Gasteiger partial charge on any atom is -0.122 e. The zero-order chi connectivity index (χ0) is 9.23. The molecule has 0 nitrogen and oxygen atoms in total. The van der Waals surface area contributed by atoms with Crippen LogP contribution in [0.1, 0.15) is 32.1 Å². The zero-order valence-corrected chi connectivity index (χ0v) is 8.52. The quantitative estimate of drug-likeness (QED) is 0.449. The highest BCUT2D eigenvalue weighted by atomic mass is 35.5. The van der Waals surface area contributed by atoms with Gasteiger partial charge in [0.25, 0.3) is 0 Å². The van der Waals surface area contributed by atoms with E-state index in [2.05, 4.69) is 19.2 Å². The Hall–Kier alpha value is -0.230. The van der Waals surface area contributed by atoms with Gasteiger partial charge in [-0.15, -0.1) is 24.8 Å². The topological polar surface area (TPSA) is 0 Å². The van der Waals surface area contributed by atoms with Gasteiger partial charge in [-0.2, -0.15) is 0 Å². The van der Waals surface area contributed by atoms with Gasteiger partial charge in [-0.25, -0.2) is 0 Å². The van der Waals surface area contributed by atoms with Gasteiger partial charge in [-0.3, -0.25) is 0 Å². The molecule has 0 unspecified atom stereocenters. The second kappa shape index (κ2) is 8.86. The van der Waals surface area contributed by atoms with Gasteiger partial charge < -0.3 is 0 Å². The van der Waals surface area contributed by atoms with Crippen molar-refractivity contribution in [2.45, 2.75) is 32.1 Å². The summed E-state index contributed by atoms with van der Waals surface area (Å²) >= 11 is 5.07. The molecule has 0 heterocycles. The maximum atomic E-state index is 5.07. The first-order valence-corrected chi connectivity index (χ1v) is 5.18. The molecular weight excluding hydrogens is 168 g/mol. The number of rotatable bonds is 2. The molecule has 0 radical (unpaired) electrons. The minimum atomic E-state index is 0.556. The smallest absolute Gasteiger partial charge is 0.0401 e. The van der Waals surface area contributed by atoms with Crippen molar-refractivity contribution in [1.82, 2.24) is 0 Å². The average molecular weight is 187 g/mol. The molecule has 12 heavy (non-hydrogen) atoms. The molecule has 0 atom stereocenters. The molecule has 0 aliphatic heterocycles. The lowest BCUT2D eigenvalue weighted by Gasteiger charge is -2.16. The first kappa shape index (κ1) is 11.8. The third-order valence-corrected chi connectivity index (χ3v) is 2.31. The molecule has 0 N–H and O–H groups in total. The van der Waals surface area contributed by atoms with Crippen molar-refractivity contribution < 1.29 is 0 Å². The van der Waals surface area contributed by atoms with Gasteiger partial charge in [0.15, 0.2) is 0 Å². The Labute approximate surface area is 81.3 Å². The monoisotopic (exact) mass is 186 g/mol. The number of halogens is 1. The summed E-state index contributed by atoms with van der Waals surface area (Å²) in [4.78, 5) is 0. The van der Waals surface area contributed by atoms with E-state index >= 15 is 0 Å². The van der Waals surface area contributed by atoms with Crippen LogP contribution >= 0.6 is 11.6 Å². The fraction of sp³-hybridized carbons (Fsp3) is 0.636. The predicted molar refractivity (Wildman–Crippen MR) is 57.7 cm³/mol. The summed E-state index contributed by atoms with van der Waals surface area (Å²) in [5, 5.41) is 0. The summed E-state index contributed by atoms with van der Waals surface area (Å²) in [7, 11) is 0. The van der Waals surface area contributed by atoms with Crippen molar-refractivity contribution in [1.29, 1.82) is 0 Å². The standard InChI is InChI=1S/C8H14.C3H5Cl/c1-2-8-6-4-3-5-7-8;1-2-3-4/h2,8H,1,3-7H2;2H,1,3H2. The number of hydrogen-bond donors (Lipinski definition) is 0. The van der Waals surface area contributed by atoms with E-state index in [0.717, 1.165) is 5.92 Å². The van der Waals surface area contributed by atoms with E-state index in [9.17, 15) is 0 Å². The largest absolute Gasteiger partial charge is 0.122 e. The Balaban J connectivity index is 0.000000261. The molecule has 70 valence electrons. The van der Waals surface area contributed by atoms with Gasteiger partial charge in [0, 0.05) is 5.88 Å². The molecule has 1 aliphatic rings. The molecule has 1 saturated carbocycles. The Morgan fingerprint density at radius 3 is 1.92 bits per heavy atom. The fourth-order valence-corrected chi connectivity index (χ4v) is 1.37. The van der Waals surface area contributed by atoms with E-state index < -0.39 is 0 Å². The molecule has 1 aliphatic carbocycles. The normalized spacial score (nSPS) is 17.4. The molecular formula is C11H19Cl. The van der Waals surface area contributed by atoms with Crippen molar-refractivity contribution in [3.63, 3.8) is 0 Å². The second-order valence-corrected chi connectivity index (χ2v) is 3.39. The summed E-state index contributed by atoms with van der Waals surface area (Å²) in [6.07, 6.45) is 10.8. The van der Waals surface area contributed by atoms with Crippen molar-refractivity contribution in [3.8, 4) is 0 Å². The lowest BCUT2D eigenvalue weighted by Crippen LogP contribution is -2.01. The van der Waals surface area contributed by atoms with Crippen molar-refractivity contribution in [2.24, 2.45) is 5.92 Å². The van der Waals surface area contributed by atoms with E-state index in [4.69, 9.17) is 11.6 Å². The molecule has 1 rings (SSSR count). The highest BCUT2D eigenvalue weighted by Gasteiger charge is 2.07. The number of allylic oxidation sites excluding steroid dienone is 2. The lowest BCUT2D eigenvalue weighted by molar-refractivity contribution is 0.420. The summed E-state index contributed by atoms with van der Waals surface area (Å²) in [6.45, 7) is 7.13. The van der Waals surface area contributed by atoms with E-state index in [0.29, 0.717) is 5.88 Å². The Bertz CT molecular complexity index is 112.